The molecule has 2 aromatic carbocycles. The monoisotopic (exact) mass is 369 g/mol. The van der Waals surface area contributed by atoms with Crippen molar-refractivity contribution in [2.24, 2.45) is 0 Å². The van der Waals surface area contributed by atoms with Gasteiger partial charge in [0, 0.05) is 5.69 Å². The summed E-state index contributed by atoms with van der Waals surface area (Å²) in [5.41, 5.74) is 0.251. The predicted octanol–water partition coefficient (Wildman–Crippen LogP) is 3.06. The quantitative estimate of drug-likeness (QED) is 0.820. The molecule has 0 bridgehead atoms. The van der Waals surface area contributed by atoms with Crippen LogP contribution in [0.3, 0.4) is 0 Å². The number of carbonyl (C=O) groups excluding carboxylic acids is 2. The van der Waals surface area contributed by atoms with E-state index >= 15 is 0 Å². The van der Waals surface area contributed by atoms with Gasteiger partial charge in [-0.15, -0.1) is 0 Å². The zero-order valence-corrected chi connectivity index (χ0v) is 15.4. The van der Waals surface area contributed by atoms with E-state index in [1.807, 2.05) is 48.5 Å². The van der Waals surface area contributed by atoms with Gasteiger partial charge in [-0.1, -0.05) is 48.5 Å². The normalized spacial score (nSPS) is 15.7. The van der Waals surface area contributed by atoms with E-state index in [0.717, 1.165) is 10.6 Å². The lowest BCUT2D eigenvalue weighted by atomic mass is 10.0. The van der Waals surface area contributed by atoms with Gasteiger partial charge in [-0.25, -0.2) is 9.59 Å². The molecule has 1 aliphatic heterocycles. The molecule has 0 aromatic heterocycles. The average molecular weight is 369 g/mol. The number of urea groups is 1. The minimum Gasteiger partial charge on any atom is -0.459 e. The zero-order valence-electron chi connectivity index (χ0n) is 15.4. The first-order chi connectivity index (χ1) is 12.9. The number of benzene rings is 2. The maximum atomic E-state index is 13.0. The van der Waals surface area contributed by atoms with E-state index in [0.29, 0.717) is 5.69 Å². The van der Waals surface area contributed by atoms with E-state index in [-0.39, 0.29) is 26.0 Å². The van der Waals surface area contributed by atoms with Gasteiger partial charge in [-0.05, 0) is 31.5 Å². The highest BCUT2D eigenvalue weighted by molar-refractivity contribution is 5.96. The molecule has 0 saturated carbocycles. The fraction of sp³-hybridized carbons (Fsp3) is 0.300. The molecule has 2 amide bonds. The summed E-state index contributed by atoms with van der Waals surface area (Å²) in [4.78, 5) is 28.4. The molecular formula is C20H23N3O4. The van der Waals surface area contributed by atoms with Crippen LogP contribution in [0.1, 0.15) is 19.4 Å². The van der Waals surface area contributed by atoms with Crippen molar-refractivity contribution < 1.29 is 19.5 Å². The number of nitrogens with zero attached hydrogens (tertiary/aromatic N) is 3. The number of esters is 1. The molecule has 0 aliphatic carbocycles. The van der Waals surface area contributed by atoms with Gasteiger partial charge in [-0.2, -0.15) is 5.06 Å². The van der Waals surface area contributed by atoms with E-state index in [9.17, 15) is 14.8 Å². The number of hydroxylamine groups is 2. The molecule has 0 radical (unpaired) electrons. The Balaban J connectivity index is 1.75. The average Bonchev–Trinajstić information content (AvgIpc) is 2.69. The Kier molecular flexibility index (Phi) is 5.43. The summed E-state index contributed by atoms with van der Waals surface area (Å²) in [7, 11) is 0. The number of para-hydroxylation sites is 1. The standard InChI is InChI=1S/C20H23N3O4/c1-20(2,18(24)27-13-16-9-5-3-6-10-16)23-15-21(26)14-22(19(23)25)17-11-7-4-8-12-17/h3-12,26H,13-15H2,1-2H3. The van der Waals surface area contributed by atoms with E-state index < -0.39 is 11.5 Å². The molecule has 7 nitrogen and oxygen atoms in total. The first-order valence-corrected chi connectivity index (χ1v) is 8.69. The van der Waals surface area contributed by atoms with Gasteiger partial charge in [0.1, 0.15) is 25.5 Å². The highest BCUT2D eigenvalue weighted by Crippen LogP contribution is 2.26. The Morgan fingerprint density at radius 2 is 1.63 bits per heavy atom. The minimum absolute atomic E-state index is 0.0223. The molecule has 27 heavy (non-hydrogen) atoms. The smallest absolute Gasteiger partial charge is 0.331 e. The Morgan fingerprint density at radius 3 is 2.26 bits per heavy atom. The van der Waals surface area contributed by atoms with Gasteiger partial charge in [0.15, 0.2) is 0 Å². The topological polar surface area (TPSA) is 73.3 Å². The highest BCUT2D eigenvalue weighted by atomic mass is 16.5. The van der Waals surface area contributed by atoms with E-state index in [1.54, 1.807) is 26.0 Å². The number of ether oxygens (including phenoxy) is 1. The van der Waals surface area contributed by atoms with Gasteiger partial charge in [-0.3, -0.25) is 9.80 Å². The molecule has 0 unspecified atom stereocenters. The van der Waals surface area contributed by atoms with Gasteiger partial charge in [0.2, 0.25) is 0 Å². The molecule has 0 spiro atoms. The maximum absolute atomic E-state index is 13.0. The molecule has 1 fully saturated rings. The second-order valence-electron chi connectivity index (χ2n) is 6.88. The van der Waals surface area contributed by atoms with Crippen molar-refractivity contribution in [1.82, 2.24) is 9.96 Å². The Bertz CT molecular complexity index is 795. The lowest BCUT2D eigenvalue weighted by Crippen LogP contribution is -2.65. The van der Waals surface area contributed by atoms with Gasteiger partial charge >= 0.3 is 12.0 Å². The number of hydrogen-bond donors (Lipinski definition) is 1. The van der Waals surface area contributed by atoms with Crippen molar-refractivity contribution >= 4 is 17.7 Å². The van der Waals surface area contributed by atoms with Crippen LogP contribution in [0.2, 0.25) is 0 Å². The van der Waals surface area contributed by atoms with Gasteiger partial charge in [0.05, 0.1) is 0 Å². The first-order valence-electron chi connectivity index (χ1n) is 8.69. The number of carbonyl (C=O) groups is 2. The van der Waals surface area contributed by atoms with Gasteiger partial charge < -0.3 is 9.94 Å². The van der Waals surface area contributed by atoms with Crippen LogP contribution in [0.15, 0.2) is 60.7 Å². The summed E-state index contributed by atoms with van der Waals surface area (Å²) in [6.45, 7) is 3.28. The minimum atomic E-state index is -1.25. The van der Waals surface area contributed by atoms with E-state index in [1.165, 1.54) is 9.80 Å². The van der Waals surface area contributed by atoms with Crippen molar-refractivity contribution in [2.45, 2.75) is 26.0 Å². The molecule has 3 rings (SSSR count). The summed E-state index contributed by atoms with van der Waals surface area (Å²) < 4.78 is 5.42. The fourth-order valence-electron chi connectivity index (χ4n) is 2.86. The van der Waals surface area contributed by atoms with Crippen LogP contribution in [0.5, 0.6) is 0 Å². The van der Waals surface area contributed by atoms with Crippen LogP contribution >= 0.6 is 0 Å². The van der Waals surface area contributed by atoms with E-state index in [2.05, 4.69) is 0 Å². The van der Waals surface area contributed by atoms with Crippen LogP contribution in [-0.4, -0.2) is 46.0 Å². The number of anilines is 1. The third kappa shape index (κ3) is 4.10. The number of hydrogen-bond acceptors (Lipinski definition) is 5. The molecule has 2 aromatic rings. The lowest BCUT2D eigenvalue weighted by molar-refractivity contribution is -0.168. The summed E-state index contributed by atoms with van der Waals surface area (Å²) >= 11 is 0. The fourth-order valence-corrected chi connectivity index (χ4v) is 2.86. The summed E-state index contributed by atoms with van der Waals surface area (Å²) in [6, 6.07) is 18.0. The van der Waals surface area contributed by atoms with Crippen LogP contribution in [0, 0.1) is 0 Å². The molecule has 1 heterocycles. The molecule has 1 saturated heterocycles. The van der Waals surface area contributed by atoms with Gasteiger partial charge in [0.25, 0.3) is 0 Å². The Morgan fingerprint density at radius 1 is 1.04 bits per heavy atom. The summed E-state index contributed by atoms with van der Waals surface area (Å²) in [5.74, 6) is -0.539. The summed E-state index contributed by atoms with van der Waals surface area (Å²) in [6.07, 6.45) is 0. The molecule has 142 valence electrons. The van der Waals surface area contributed by atoms with Crippen molar-refractivity contribution in [3.63, 3.8) is 0 Å². The Labute approximate surface area is 158 Å². The lowest BCUT2D eigenvalue weighted by Gasteiger charge is -2.45. The molecule has 0 atom stereocenters. The SMILES string of the molecule is CC(C)(C(=O)OCc1ccccc1)N1CN(O)CN(c2ccccc2)C1=O. The zero-order chi connectivity index (χ0) is 19.4. The third-order valence-corrected chi connectivity index (χ3v) is 4.53. The van der Waals surface area contributed by atoms with Crippen LogP contribution in [-0.2, 0) is 16.1 Å². The van der Waals surface area contributed by atoms with E-state index in [4.69, 9.17) is 4.74 Å². The number of amides is 2. The third-order valence-electron chi connectivity index (χ3n) is 4.53. The summed E-state index contributed by atoms with van der Waals surface area (Å²) in [5, 5.41) is 11.1. The highest BCUT2D eigenvalue weighted by Gasteiger charge is 2.44. The molecule has 1 N–H and O–H groups in total. The van der Waals surface area contributed by atoms with Crippen molar-refractivity contribution in [3.05, 3.63) is 66.2 Å². The second-order valence-corrected chi connectivity index (χ2v) is 6.88. The molecule has 7 heteroatoms. The van der Waals surface area contributed by atoms with Crippen molar-refractivity contribution in [2.75, 3.05) is 18.2 Å². The predicted molar refractivity (Wildman–Crippen MR) is 99.8 cm³/mol. The largest absolute Gasteiger partial charge is 0.459 e. The van der Waals surface area contributed by atoms with Crippen LogP contribution in [0.4, 0.5) is 10.5 Å². The maximum Gasteiger partial charge on any atom is 0.331 e. The number of rotatable bonds is 5. The van der Waals surface area contributed by atoms with Crippen molar-refractivity contribution in [1.29, 1.82) is 0 Å². The Hall–Kier alpha value is -2.90. The second kappa shape index (κ2) is 7.77. The van der Waals surface area contributed by atoms with Crippen molar-refractivity contribution in [3.8, 4) is 0 Å². The molecule has 1 aliphatic rings. The first kappa shape index (κ1) is 18.9. The van der Waals surface area contributed by atoms with Crippen LogP contribution in [0.25, 0.3) is 0 Å². The van der Waals surface area contributed by atoms with Crippen LogP contribution < -0.4 is 4.90 Å². The molecular weight excluding hydrogens is 346 g/mol.